The predicted octanol–water partition coefficient (Wildman–Crippen LogP) is 2.06. The third-order valence-corrected chi connectivity index (χ3v) is 2.75. The van der Waals surface area contributed by atoms with Crippen LogP contribution in [0.2, 0.25) is 0 Å². The van der Waals surface area contributed by atoms with Crippen LogP contribution < -0.4 is 10.6 Å². The topological polar surface area (TPSA) is 71.7 Å². The summed E-state index contributed by atoms with van der Waals surface area (Å²) in [4.78, 5) is 8.73. The minimum Gasteiger partial charge on any atom is -0.443 e. The normalized spacial score (nSPS) is 12.5. The van der Waals surface area contributed by atoms with E-state index in [1.807, 2.05) is 13.8 Å². The molecule has 0 saturated carbocycles. The van der Waals surface area contributed by atoms with Crippen molar-refractivity contribution in [2.24, 2.45) is 4.99 Å². The van der Waals surface area contributed by atoms with Gasteiger partial charge in [0.1, 0.15) is 12.3 Å². The highest BCUT2D eigenvalue weighted by Crippen LogP contribution is 2.22. The number of hydrogen-bond acceptors (Lipinski definition) is 4. The predicted molar refractivity (Wildman–Crippen MR) is 84.5 cm³/mol. The van der Waals surface area contributed by atoms with Crippen LogP contribution in [0.15, 0.2) is 15.6 Å². The van der Waals surface area contributed by atoms with E-state index in [1.165, 1.54) is 0 Å². The highest BCUT2D eigenvalue weighted by atomic mass is 16.5. The van der Waals surface area contributed by atoms with Gasteiger partial charge in [0.05, 0.1) is 12.8 Å². The molecule has 6 heteroatoms. The Morgan fingerprint density at radius 3 is 2.67 bits per heavy atom. The Labute approximate surface area is 127 Å². The van der Waals surface area contributed by atoms with Crippen LogP contribution in [0.25, 0.3) is 0 Å². The monoisotopic (exact) mass is 296 g/mol. The first-order chi connectivity index (χ1) is 9.97. The molecule has 0 fully saturated rings. The summed E-state index contributed by atoms with van der Waals surface area (Å²) in [6.07, 6.45) is 1.78. The number of rotatable bonds is 7. The Hall–Kier alpha value is -1.56. The number of nitrogens with zero attached hydrogens (tertiary/aromatic N) is 2. The number of ether oxygens (including phenoxy) is 1. The molecule has 1 heterocycles. The molecule has 0 aromatic carbocycles. The molecule has 6 nitrogen and oxygen atoms in total. The van der Waals surface area contributed by atoms with E-state index in [-0.39, 0.29) is 5.41 Å². The third-order valence-electron chi connectivity index (χ3n) is 2.75. The van der Waals surface area contributed by atoms with E-state index in [0.717, 1.165) is 31.4 Å². The first kappa shape index (κ1) is 17.5. The van der Waals surface area contributed by atoms with E-state index in [2.05, 4.69) is 41.4 Å². The van der Waals surface area contributed by atoms with Gasteiger partial charge in [0.25, 0.3) is 0 Å². The molecule has 0 unspecified atom stereocenters. The van der Waals surface area contributed by atoms with Crippen LogP contribution in [0.1, 0.15) is 46.3 Å². The van der Waals surface area contributed by atoms with E-state index in [9.17, 15) is 0 Å². The zero-order valence-electron chi connectivity index (χ0n) is 13.8. The molecule has 21 heavy (non-hydrogen) atoms. The van der Waals surface area contributed by atoms with Crippen LogP contribution in [0.4, 0.5) is 0 Å². The number of aromatic nitrogens is 1. The maximum absolute atomic E-state index is 5.72. The van der Waals surface area contributed by atoms with Gasteiger partial charge in [0.15, 0.2) is 5.96 Å². The van der Waals surface area contributed by atoms with Gasteiger partial charge >= 0.3 is 0 Å². The van der Waals surface area contributed by atoms with Gasteiger partial charge in [-0.3, -0.25) is 0 Å². The van der Waals surface area contributed by atoms with Crippen molar-refractivity contribution in [1.82, 2.24) is 15.6 Å². The van der Waals surface area contributed by atoms with Crippen molar-refractivity contribution in [3.8, 4) is 0 Å². The molecule has 0 radical (unpaired) electrons. The van der Waals surface area contributed by atoms with Gasteiger partial charge < -0.3 is 19.8 Å². The summed E-state index contributed by atoms with van der Waals surface area (Å²) in [5, 5.41) is 6.39. The van der Waals surface area contributed by atoms with Gasteiger partial charge in [-0.2, -0.15) is 0 Å². The lowest BCUT2D eigenvalue weighted by Gasteiger charge is -2.13. The molecule has 0 bridgehead atoms. The number of nitrogens with one attached hydrogen (secondary N) is 2. The number of oxazole rings is 1. The Balaban J connectivity index is 2.54. The lowest BCUT2D eigenvalue weighted by Crippen LogP contribution is -2.39. The molecule has 0 aliphatic rings. The minimum absolute atomic E-state index is 0.0325. The summed E-state index contributed by atoms with van der Waals surface area (Å²) in [7, 11) is 0. The highest BCUT2D eigenvalue weighted by Gasteiger charge is 2.18. The fourth-order valence-corrected chi connectivity index (χ4v) is 1.60. The van der Waals surface area contributed by atoms with E-state index in [0.29, 0.717) is 19.0 Å². The fraction of sp³-hybridized carbons (Fsp3) is 0.733. The van der Waals surface area contributed by atoms with Gasteiger partial charge in [-0.1, -0.05) is 20.8 Å². The van der Waals surface area contributed by atoms with Crippen molar-refractivity contribution in [3.63, 3.8) is 0 Å². The zero-order valence-corrected chi connectivity index (χ0v) is 13.8. The third kappa shape index (κ3) is 6.62. The standard InChI is InChI=1S/C15H28N4O2/c1-6-16-14(17-8-9-20-7-2)19-11-13-18-10-12(21-13)15(3,4)5/h10H,6-9,11H2,1-5H3,(H2,16,17,19). The average molecular weight is 296 g/mol. The number of hydrogen-bond donors (Lipinski definition) is 2. The summed E-state index contributed by atoms with van der Waals surface area (Å²) in [5.74, 6) is 2.25. The first-order valence-corrected chi connectivity index (χ1v) is 7.52. The van der Waals surface area contributed by atoms with Crippen molar-refractivity contribution in [2.75, 3.05) is 26.3 Å². The Kier molecular flexibility index (Phi) is 7.22. The van der Waals surface area contributed by atoms with Gasteiger partial charge in [-0.15, -0.1) is 0 Å². The Bertz CT molecular complexity index is 435. The molecule has 2 N–H and O–H groups in total. The maximum Gasteiger partial charge on any atom is 0.216 e. The van der Waals surface area contributed by atoms with Gasteiger partial charge in [-0.05, 0) is 13.8 Å². The molecular weight excluding hydrogens is 268 g/mol. The molecule has 1 aromatic heterocycles. The lowest BCUT2D eigenvalue weighted by atomic mass is 9.94. The van der Waals surface area contributed by atoms with E-state index >= 15 is 0 Å². The molecule has 1 aromatic rings. The van der Waals surface area contributed by atoms with Crippen LogP contribution in [-0.4, -0.2) is 37.2 Å². The molecule has 0 aliphatic heterocycles. The van der Waals surface area contributed by atoms with E-state index < -0.39 is 0 Å². The summed E-state index contributed by atoms with van der Waals surface area (Å²) < 4.78 is 11.0. The van der Waals surface area contributed by atoms with Crippen molar-refractivity contribution >= 4 is 5.96 Å². The fourth-order valence-electron chi connectivity index (χ4n) is 1.60. The molecule has 0 amide bonds. The lowest BCUT2D eigenvalue weighted by molar-refractivity contribution is 0.152. The van der Waals surface area contributed by atoms with Gasteiger partial charge in [0, 0.05) is 25.1 Å². The second-order valence-corrected chi connectivity index (χ2v) is 5.69. The molecule has 120 valence electrons. The van der Waals surface area contributed by atoms with Crippen LogP contribution >= 0.6 is 0 Å². The second kappa shape index (κ2) is 8.67. The van der Waals surface area contributed by atoms with E-state index in [1.54, 1.807) is 6.20 Å². The second-order valence-electron chi connectivity index (χ2n) is 5.69. The van der Waals surface area contributed by atoms with Crippen LogP contribution in [0.3, 0.4) is 0 Å². The maximum atomic E-state index is 5.72. The van der Waals surface area contributed by atoms with Crippen molar-refractivity contribution in [2.45, 2.75) is 46.6 Å². The number of guanidine groups is 1. The number of aliphatic imine (C=N–C) groups is 1. The zero-order chi connectivity index (χ0) is 15.7. The molecule has 0 spiro atoms. The highest BCUT2D eigenvalue weighted by molar-refractivity contribution is 5.79. The van der Waals surface area contributed by atoms with Crippen molar-refractivity contribution in [1.29, 1.82) is 0 Å². The summed E-state index contributed by atoms with van der Waals surface area (Å²) >= 11 is 0. The summed E-state index contributed by atoms with van der Waals surface area (Å²) in [6.45, 7) is 13.6. The summed E-state index contributed by atoms with van der Waals surface area (Å²) in [6, 6.07) is 0. The van der Waals surface area contributed by atoms with E-state index in [4.69, 9.17) is 9.15 Å². The van der Waals surface area contributed by atoms with Crippen molar-refractivity contribution in [3.05, 3.63) is 17.8 Å². The Morgan fingerprint density at radius 2 is 2.10 bits per heavy atom. The van der Waals surface area contributed by atoms with Crippen LogP contribution in [-0.2, 0) is 16.7 Å². The molecule has 0 atom stereocenters. The molecule has 1 rings (SSSR count). The molecular formula is C15H28N4O2. The summed E-state index contributed by atoms with van der Waals surface area (Å²) in [5.41, 5.74) is -0.0325. The minimum atomic E-state index is -0.0325. The quantitative estimate of drug-likeness (QED) is 0.458. The molecule has 0 aliphatic carbocycles. The SMILES string of the molecule is CCNC(=NCc1ncc(C(C)(C)C)o1)NCCOCC. The van der Waals surface area contributed by atoms with Gasteiger partial charge in [-0.25, -0.2) is 9.98 Å². The van der Waals surface area contributed by atoms with Gasteiger partial charge in [0.2, 0.25) is 5.89 Å². The van der Waals surface area contributed by atoms with Crippen molar-refractivity contribution < 1.29 is 9.15 Å². The average Bonchev–Trinajstić information content (AvgIpc) is 2.89. The Morgan fingerprint density at radius 1 is 1.33 bits per heavy atom. The smallest absolute Gasteiger partial charge is 0.216 e. The molecule has 0 saturated heterocycles. The van der Waals surface area contributed by atoms with Crippen LogP contribution in [0.5, 0.6) is 0 Å². The van der Waals surface area contributed by atoms with Crippen LogP contribution in [0, 0.1) is 0 Å². The largest absolute Gasteiger partial charge is 0.443 e. The first-order valence-electron chi connectivity index (χ1n) is 7.52.